The summed E-state index contributed by atoms with van der Waals surface area (Å²) in [5, 5.41) is 0. The summed E-state index contributed by atoms with van der Waals surface area (Å²) in [5.74, 6) is 1.07. The lowest BCUT2D eigenvalue weighted by molar-refractivity contribution is -0.146. The highest BCUT2D eigenvalue weighted by atomic mass is 16.5. The van der Waals surface area contributed by atoms with Crippen molar-refractivity contribution in [1.29, 1.82) is 0 Å². The van der Waals surface area contributed by atoms with Crippen molar-refractivity contribution in [1.82, 2.24) is 0 Å². The van der Waals surface area contributed by atoms with Crippen molar-refractivity contribution in [3.63, 3.8) is 0 Å². The average molecular weight is 248 g/mol. The summed E-state index contributed by atoms with van der Waals surface area (Å²) in [7, 11) is 3.15. The average Bonchev–Trinajstić information content (AvgIpc) is 2.82. The Labute approximate surface area is 108 Å². The van der Waals surface area contributed by atoms with Gasteiger partial charge in [0.15, 0.2) is 0 Å². The van der Waals surface area contributed by atoms with Gasteiger partial charge in [0.25, 0.3) is 0 Å². The van der Waals surface area contributed by atoms with Crippen LogP contribution in [-0.4, -0.2) is 20.2 Å². The smallest absolute Gasteiger partial charge is 0.309 e. The van der Waals surface area contributed by atoms with E-state index < -0.39 is 0 Å². The van der Waals surface area contributed by atoms with E-state index in [9.17, 15) is 4.79 Å². The molecule has 0 spiro atoms. The Morgan fingerprint density at radius 2 is 2.22 bits per heavy atom. The van der Waals surface area contributed by atoms with Crippen molar-refractivity contribution >= 4 is 5.97 Å². The van der Waals surface area contributed by atoms with Gasteiger partial charge in [-0.25, -0.2) is 0 Å². The first-order chi connectivity index (χ1) is 8.71. The molecule has 0 saturated carbocycles. The predicted molar refractivity (Wildman–Crippen MR) is 69.9 cm³/mol. The van der Waals surface area contributed by atoms with E-state index >= 15 is 0 Å². The number of benzene rings is 1. The molecule has 1 aliphatic carbocycles. The van der Waals surface area contributed by atoms with Crippen molar-refractivity contribution in [2.24, 2.45) is 5.92 Å². The molecule has 98 valence electrons. The van der Waals surface area contributed by atoms with Gasteiger partial charge in [0, 0.05) is 0 Å². The monoisotopic (exact) mass is 248 g/mol. The Morgan fingerprint density at radius 3 is 2.83 bits per heavy atom. The van der Waals surface area contributed by atoms with E-state index in [1.807, 2.05) is 13.0 Å². The Bertz CT molecular complexity index is 439. The van der Waals surface area contributed by atoms with Gasteiger partial charge >= 0.3 is 5.97 Å². The molecule has 2 atom stereocenters. The van der Waals surface area contributed by atoms with Crippen LogP contribution >= 0.6 is 0 Å². The zero-order valence-electron chi connectivity index (χ0n) is 11.2. The third-order valence-corrected chi connectivity index (χ3v) is 3.90. The summed E-state index contributed by atoms with van der Waals surface area (Å²) < 4.78 is 10.2. The van der Waals surface area contributed by atoms with Gasteiger partial charge in [-0.1, -0.05) is 13.0 Å². The van der Waals surface area contributed by atoms with Gasteiger partial charge in [-0.15, -0.1) is 0 Å². The molecular weight excluding hydrogens is 228 g/mol. The van der Waals surface area contributed by atoms with Crippen LogP contribution in [0.25, 0.3) is 0 Å². The number of esters is 1. The maximum atomic E-state index is 11.8. The van der Waals surface area contributed by atoms with E-state index in [0.29, 0.717) is 5.92 Å². The summed E-state index contributed by atoms with van der Waals surface area (Å²) in [5.41, 5.74) is 2.59. The molecule has 0 amide bonds. The highest BCUT2D eigenvalue weighted by Gasteiger charge is 2.33. The minimum Gasteiger partial charge on any atom is -0.497 e. The standard InChI is InChI=1S/C15H20O3/c1-4-12(15(16)18-3)14-7-5-10-9-11(17-2)6-8-13(10)14/h6,8-9,12,14H,4-5,7H2,1-3H3/t12?,14-/m0/s1. The number of hydrogen-bond acceptors (Lipinski definition) is 3. The Kier molecular flexibility index (Phi) is 3.90. The summed E-state index contributed by atoms with van der Waals surface area (Å²) in [6.45, 7) is 2.04. The van der Waals surface area contributed by atoms with Crippen LogP contribution in [0.3, 0.4) is 0 Å². The van der Waals surface area contributed by atoms with Crippen molar-refractivity contribution in [3.8, 4) is 5.75 Å². The van der Waals surface area contributed by atoms with E-state index in [2.05, 4.69) is 12.1 Å². The zero-order chi connectivity index (χ0) is 13.1. The molecule has 1 aromatic carbocycles. The van der Waals surface area contributed by atoms with Gasteiger partial charge in [-0.05, 0) is 48.4 Å². The van der Waals surface area contributed by atoms with Crippen molar-refractivity contribution < 1.29 is 14.3 Å². The molecule has 0 heterocycles. The van der Waals surface area contributed by atoms with Crippen LogP contribution in [0, 0.1) is 5.92 Å². The number of aryl methyl sites for hydroxylation is 1. The van der Waals surface area contributed by atoms with Crippen LogP contribution in [-0.2, 0) is 16.0 Å². The van der Waals surface area contributed by atoms with E-state index in [0.717, 1.165) is 25.0 Å². The quantitative estimate of drug-likeness (QED) is 0.768. The van der Waals surface area contributed by atoms with Gasteiger partial charge in [0.05, 0.1) is 20.1 Å². The van der Waals surface area contributed by atoms with Crippen LogP contribution < -0.4 is 4.74 Å². The molecule has 2 rings (SSSR count). The van der Waals surface area contributed by atoms with E-state index in [1.165, 1.54) is 18.2 Å². The van der Waals surface area contributed by atoms with E-state index in [1.54, 1.807) is 7.11 Å². The SMILES string of the molecule is CCC(C(=O)OC)[C@@H]1CCc2cc(OC)ccc21. The Balaban J connectivity index is 2.27. The molecule has 0 bridgehead atoms. The molecule has 0 fully saturated rings. The number of hydrogen-bond donors (Lipinski definition) is 0. The van der Waals surface area contributed by atoms with Crippen LogP contribution in [0.4, 0.5) is 0 Å². The van der Waals surface area contributed by atoms with Crippen LogP contribution in [0.2, 0.25) is 0 Å². The van der Waals surface area contributed by atoms with Gasteiger partial charge in [0.2, 0.25) is 0 Å². The minimum absolute atomic E-state index is 0.0235. The van der Waals surface area contributed by atoms with Gasteiger partial charge in [-0.3, -0.25) is 4.79 Å². The van der Waals surface area contributed by atoms with Gasteiger partial charge in [0.1, 0.15) is 5.75 Å². The molecule has 0 radical (unpaired) electrons. The molecule has 1 unspecified atom stereocenters. The Hall–Kier alpha value is -1.51. The lowest BCUT2D eigenvalue weighted by Crippen LogP contribution is -2.21. The summed E-state index contributed by atoms with van der Waals surface area (Å²) in [6.07, 6.45) is 2.86. The fraction of sp³-hybridized carbons (Fsp3) is 0.533. The fourth-order valence-corrected chi connectivity index (χ4v) is 2.94. The summed E-state index contributed by atoms with van der Waals surface area (Å²) in [6, 6.07) is 6.15. The molecule has 3 nitrogen and oxygen atoms in total. The number of carbonyl (C=O) groups excluding carboxylic acids is 1. The van der Waals surface area contributed by atoms with E-state index in [4.69, 9.17) is 9.47 Å². The molecule has 1 aromatic rings. The predicted octanol–water partition coefficient (Wildman–Crippen LogP) is 2.92. The normalized spacial score (nSPS) is 19.2. The lowest BCUT2D eigenvalue weighted by Gasteiger charge is -2.20. The highest BCUT2D eigenvalue weighted by Crippen LogP contribution is 2.41. The lowest BCUT2D eigenvalue weighted by atomic mass is 9.85. The Morgan fingerprint density at radius 1 is 1.44 bits per heavy atom. The third-order valence-electron chi connectivity index (χ3n) is 3.90. The fourth-order valence-electron chi connectivity index (χ4n) is 2.94. The molecule has 0 aromatic heterocycles. The number of rotatable bonds is 4. The zero-order valence-corrected chi connectivity index (χ0v) is 11.2. The number of carbonyl (C=O) groups is 1. The number of methoxy groups -OCH3 is 2. The molecule has 18 heavy (non-hydrogen) atoms. The molecule has 0 N–H and O–H groups in total. The molecular formula is C15H20O3. The molecule has 0 aliphatic heterocycles. The molecule has 0 saturated heterocycles. The van der Waals surface area contributed by atoms with Crippen LogP contribution in [0.15, 0.2) is 18.2 Å². The van der Waals surface area contributed by atoms with Crippen LogP contribution in [0.1, 0.15) is 36.8 Å². The van der Waals surface area contributed by atoms with Crippen LogP contribution in [0.5, 0.6) is 5.75 Å². The minimum atomic E-state index is -0.0915. The maximum Gasteiger partial charge on any atom is 0.309 e. The van der Waals surface area contributed by atoms with Crippen molar-refractivity contribution in [3.05, 3.63) is 29.3 Å². The van der Waals surface area contributed by atoms with E-state index in [-0.39, 0.29) is 11.9 Å². The van der Waals surface area contributed by atoms with Gasteiger partial charge in [-0.2, -0.15) is 0 Å². The highest BCUT2D eigenvalue weighted by molar-refractivity contribution is 5.74. The first kappa shape index (κ1) is 12.9. The summed E-state index contributed by atoms with van der Waals surface area (Å²) >= 11 is 0. The van der Waals surface area contributed by atoms with Crippen molar-refractivity contribution in [2.75, 3.05) is 14.2 Å². The second-order valence-electron chi connectivity index (χ2n) is 4.75. The molecule has 3 heteroatoms. The maximum absolute atomic E-state index is 11.8. The largest absolute Gasteiger partial charge is 0.497 e. The summed E-state index contributed by atoms with van der Waals surface area (Å²) in [4.78, 5) is 11.8. The first-order valence-electron chi connectivity index (χ1n) is 6.45. The topological polar surface area (TPSA) is 35.5 Å². The van der Waals surface area contributed by atoms with Gasteiger partial charge < -0.3 is 9.47 Å². The number of fused-ring (bicyclic) bond motifs is 1. The second kappa shape index (κ2) is 5.42. The first-order valence-corrected chi connectivity index (χ1v) is 6.45. The number of ether oxygens (including phenoxy) is 2. The molecule has 1 aliphatic rings. The second-order valence-corrected chi connectivity index (χ2v) is 4.75. The third kappa shape index (κ3) is 2.22. The van der Waals surface area contributed by atoms with Crippen molar-refractivity contribution in [2.45, 2.75) is 32.1 Å².